The highest BCUT2D eigenvalue weighted by molar-refractivity contribution is 5.88. The highest BCUT2D eigenvalue weighted by Gasteiger charge is 2.29. The number of fused-ring (bicyclic) bond motifs is 4. The van der Waals surface area contributed by atoms with E-state index in [2.05, 4.69) is 67.2 Å². The Balaban J connectivity index is 0.00000355. The predicted molar refractivity (Wildman–Crippen MR) is 254 cm³/mol. The van der Waals surface area contributed by atoms with Gasteiger partial charge in [0.15, 0.2) is 18.1 Å². The number of anilines is 1. The first-order chi connectivity index (χ1) is 32.2. The monoisotopic (exact) mass is 907 g/mol. The van der Waals surface area contributed by atoms with Crippen molar-refractivity contribution in [3.63, 3.8) is 0 Å². The Morgan fingerprint density at radius 1 is 0.894 bits per heavy atom. The fourth-order valence-electron chi connectivity index (χ4n) is 8.48. The summed E-state index contributed by atoms with van der Waals surface area (Å²) < 4.78 is 12.7. The molecule has 66 heavy (non-hydrogen) atoms. The number of nitrogens with two attached hydrogens (primary N) is 2. The van der Waals surface area contributed by atoms with Gasteiger partial charge >= 0.3 is 17.8 Å². The van der Waals surface area contributed by atoms with Gasteiger partial charge in [-0.2, -0.15) is 15.4 Å². The minimum Gasteiger partial charge on any atom is -0.463 e. The molecule has 5 aromatic rings. The maximum Gasteiger partial charge on any atom is 0.431 e. The van der Waals surface area contributed by atoms with Gasteiger partial charge in [0.25, 0.3) is 0 Å². The lowest BCUT2D eigenvalue weighted by Crippen LogP contribution is -2.48. The highest BCUT2D eigenvalue weighted by atomic mass is 16.7. The number of nitrogens with one attached hydrogen (secondary N) is 4. The topological polar surface area (TPSA) is 234 Å². The molecule has 3 heterocycles. The van der Waals surface area contributed by atoms with Crippen molar-refractivity contribution < 1.29 is 28.7 Å². The molecule has 1 aliphatic carbocycles. The standard InChI is InChI=1S/C47H60N10O7.C2H6/c1-2-3-26-62-45-53-42(49)41-43(54-45)57(46(60)52-41)28-33-17-15-32(16-18-33)27-56-24-20-31(21-25-56)19-23-50-44(59)39(14-8-9-22-48)51-40(58)30-64-55-47(61)63-29-38-36-12-6-4-10-34(36)35-11-5-7-13-37(35)38;1-2/h4-7,10-13,15-18,31,38-39H,2-3,8-9,14,19-30,48H2,1H3,(H,50,59)(H,51,58)(H,52,60)(H,55,61)(H2,49,53,54);1-2H3. The van der Waals surface area contributed by atoms with Crippen molar-refractivity contribution in [1.29, 1.82) is 0 Å². The number of hydroxylamine groups is 1. The zero-order valence-electron chi connectivity index (χ0n) is 38.5. The fraction of sp³-hybridized carbons (Fsp3) is 0.469. The number of nitrogen functional groups attached to an aromatic ring is 1. The summed E-state index contributed by atoms with van der Waals surface area (Å²) in [5.41, 5.74) is 21.0. The molecule has 0 radical (unpaired) electrons. The van der Waals surface area contributed by atoms with E-state index in [9.17, 15) is 19.2 Å². The summed E-state index contributed by atoms with van der Waals surface area (Å²) in [5.74, 6) is -0.272. The van der Waals surface area contributed by atoms with Crippen molar-refractivity contribution in [2.24, 2.45) is 11.7 Å². The Bertz CT molecular complexity index is 2370. The number of carbonyl (C=O) groups excluding carboxylic acids is 3. The molecule has 1 unspecified atom stereocenters. The molecule has 0 saturated carbocycles. The van der Waals surface area contributed by atoms with Crippen LogP contribution < -0.4 is 38.0 Å². The Hall–Kier alpha value is -6.30. The van der Waals surface area contributed by atoms with Crippen LogP contribution in [0, 0.1) is 5.92 Å². The van der Waals surface area contributed by atoms with Crippen LogP contribution >= 0.6 is 0 Å². The Morgan fingerprint density at radius 2 is 1.56 bits per heavy atom. The van der Waals surface area contributed by atoms with Crippen LogP contribution in [-0.2, 0) is 32.3 Å². The average molecular weight is 907 g/mol. The van der Waals surface area contributed by atoms with E-state index in [0.29, 0.717) is 56.2 Å². The number of H-pyrrole nitrogens is 1. The van der Waals surface area contributed by atoms with Crippen LogP contribution in [0.4, 0.5) is 10.6 Å². The van der Waals surface area contributed by atoms with E-state index in [1.54, 1.807) is 4.57 Å². The lowest BCUT2D eigenvalue weighted by molar-refractivity contribution is -0.133. The van der Waals surface area contributed by atoms with Gasteiger partial charge in [0.2, 0.25) is 11.8 Å². The molecule has 1 atom stereocenters. The van der Waals surface area contributed by atoms with E-state index in [0.717, 1.165) is 86.0 Å². The van der Waals surface area contributed by atoms with Crippen molar-refractivity contribution in [3.8, 4) is 17.1 Å². The second-order valence-electron chi connectivity index (χ2n) is 16.5. The minimum atomic E-state index is -0.809. The molecule has 17 nitrogen and oxygen atoms in total. The van der Waals surface area contributed by atoms with Crippen LogP contribution in [0.25, 0.3) is 22.3 Å². The summed E-state index contributed by atoms with van der Waals surface area (Å²) >= 11 is 0. The van der Waals surface area contributed by atoms with Crippen molar-refractivity contribution >= 4 is 34.9 Å². The lowest BCUT2D eigenvalue weighted by Gasteiger charge is -2.32. The minimum absolute atomic E-state index is 0.109. The number of imidazole rings is 1. The smallest absolute Gasteiger partial charge is 0.431 e. The first-order valence-corrected chi connectivity index (χ1v) is 23.4. The zero-order valence-corrected chi connectivity index (χ0v) is 38.5. The van der Waals surface area contributed by atoms with Gasteiger partial charge in [-0.25, -0.2) is 9.59 Å². The molecule has 2 aliphatic rings. The third kappa shape index (κ3) is 13.2. The molecule has 17 heteroatoms. The van der Waals surface area contributed by atoms with Gasteiger partial charge in [0.05, 0.1) is 13.2 Å². The maximum absolute atomic E-state index is 13.3. The molecule has 8 N–H and O–H groups in total. The second kappa shape index (κ2) is 24.8. The molecule has 3 amide bonds. The van der Waals surface area contributed by atoms with Crippen LogP contribution in [0.15, 0.2) is 77.6 Å². The van der Waals surface area contributed by atoms with Crippen LogP contribution in [-0.4, -0.2) is 94.4 Å². The number of ether oxygens (including phenoxy) is 2. The molecular formula is C49H66N10O7. The number of hydrogen-bond donors (Lipinski definition) is 6. The molecule has 7 rings (SSSR count). The highest BCUT2D eigenvalue weighted by Crippen LogP contribution is 2.44. The van der Waals surface area contributed by atoms with E-state index in [4.69, 9.17) is 25.8 Å². The van der Waals surface area contributed by atoms with Crippen LogP contribution in [0.3, 0.4) is 0 Å². The van der Waals surface area contributed by atoms with E-state index < -0.39 is 24.6 Å². The van der Waals surface area contributed by atoms with Gasteiger partial charge in [0.1, 0.15) is 18.2 Å². The quantitative estimate of drug-likeness (QED) is 0.0360. The van der Waals surface area contributed by atoms with Gasteiger partial charge in [-0.05, 0) is 104 Å². The summed E-state index contributed by atoms with van der Waals surface area (Å²) in [6.45, 7) is 10.2. The van der Waals surface area contributed by atoms with Gasteiger partial charge in [-0.3, -0.25) is 23.9 Å². The molecule has 0 spiro atoms. The maximum atomic E-state index is 13.3. The van der Waals surface area contributed by atoms with Gasteiger partial charge in [-0.15, -0.1) is 0 Å². The summed E-state index contributed by atoms with van der Waals surface area (Å²) in [5, 5.41) is 5.78. The lowest BCUT2D eigenvalue weighted by atomic mass is 9.93. The van der Waals surface area contributed by atoms with Crippen LogP contribution in [0.2, 0.25) is 0 Å². The molecule has 1 fully saturated rings. The second-order valence-corrected chi connectivity index (χ2v) is 16.5. The Labute approximate surface area is 386 Å². The van der Waals surface area contributed by atoms with Crippen molar-refractivity contribution in [1.82, 2.24) is 40.5 Å². The number of piperidine rings is 1. The summed E-state index contributed by atoms with van der Waals surface area (Å²) in [4.78, 5) is 70.5. The number of hydrogen-bond acceptors (Lipinski definition) is 12. The Kier molecular flexibility index (Phi) is 18.5. The Morgan fingerprint density at radius 3 is 2.23 bits per heavy atom. The number of amides is 3. The number of aromatic amines is 1. The molecular weight excluding hydrogens is 841 g/mol. The number of likely N-dealkylation sites (tertiary alicyclic amines) is 1. The van der Waals surface area contributed by atoms with Gasteiger partial charge in [-0.1, -0.05) is 100.0 Å². The summed E-state index contributed by atoms with van der Waals surface area (Å²) in [7, 11) is 0. The number of unbranched alkanes of at least 4 members (excludes halogenated alkanes) is 2. The normalized spacial score (nSPS) is 14.1. The molecule has 354 valence electrons. The molecule has 1 aliphatic heterocycles. The summed E-state index contributed by atoms with van der Waals surface area (Å²) in [6.07, 6.45) is 5.69. The van der Waals surface area contributed by atoms with Crippen LogP contribution in [0.1, 0.15) is 100 Å². The van der Waals surface area contributed by atoms with Crippen molar-refractivity contribution in [2.45, 2.75) is 97.2 Å². The van der Waals surface area contributed by atoms with Crippen molar-refractivity contribution in [3.05, 3.63) is 106 Å². The van der Waals surface area contributed by atoms with Gasteiger partial charge in [0, 0.05) is 19.0 Å². The third-order valence-electron chi connectivity index (χ3n) is 12.0. The van der Waals surface area contributed by atoms with E-state index in [-0.39, 0.29) is 36.0 Å². The van der Waals surface area contributed by atoms with E-state index >= 15 is 0 Å². The molecule has 1 saturated heterocycles. The first kappa shape index (κ1) is 49.1. The molecule has 2 aromatic heterocycles. The zero-order chi connectivity index (χ0) is 46.8. The number of carbonyl (C=O) groups is 3. The third-order valence-corrected chi connectivity index (χ3v) is 12.0. The SMILES string of the molecule is CC.CCCCOc1nc(N)c2[nH]c(=O)n(Cc3ccc(CN4CCC(CCNC(=O)C(CCCCN)NC(=O)CONC(=O)OCC5c6ccccc6-c6ccccc65)CC4)cc3)c2n1. The van der Waals surface area contributed by atoms with E-state index in [1.165, 1.54) is 5.56 Å². The number of nitrogens with zero attached hydrogens (tertiary/aromatic N) is 4. The first-order valence-electron chi connectivity index (χ1n) is 23.4. The number of aromatic nitrogens is 4. The predicted octanol–water partition coefficient (Wildman–Crippen LogP) is 5.76. The van der Waals surface area contributed by atoms with Gasteiger partial charge < -0.3 is 36.6 Å². The average Bonchev–Trinajstić information content (AvgIpc) is 3.83. The fourth-order valence-corrected chi connectivity index (χ4v) is 8.48. The van der Waals surface area contributed by atoms with E-state index in [1.807, 2.05) is 62.4 Å². The molecule has 0 bridgehead atoms. The number of rotatable bonds is 22. The largest absolute Gasteiger partial charge is 0.463 e. The van der Waals surface area contributed by atoms with Crippen molar-refractivity contribution in [2.75, 3.05) is 51.7 Å². The van der Waals surface area contributed by atoms with Crippen LogP contribution in [0.5, 0.6) is 6.01 Å². The summed E-state index contributed by atoms with van der Waals surface area (Å²) in [6, 6.07) is 23.7. The number of benzene rings is 3. The molecule has 3 aromatic carbocycles.